The lowest BCUT2D eigenvalue weighted by molar-refractivity contribution is -0.304. The summed E-state index contributed by atoms with van der Waals surface area (Å²) in [6, 6.07) is 44.0. The van der Waals surface area contributed by atoms with Crippen LogP contribution in [0.25, 0.3) is 33.4 Å². The van der Waals surface area contributed by atoms with Crippen molar-refractivity contribution in [3.05, 3.63) is 179 Å². The van der Waals surface area contributed by atoms with E-state index in [0.29, 0.717) is 0 Å². The van der Waals surface area contributed by atoms with E-state index in [-0.39, 0.29) is 19.8 Å². The summed E-state index contributed by atoms with van der Waals surface area (Å²) < 4.78 is 67.6. The lowest BCUT2D eigenvalue weighted by Crippen LogP contribution is -2.61. The summed E-state index contributed by atoms with van der Waals surface area (Å²) >= 11 is 0. The molecule has 0 aromatic heterocycles. The second kappa shape index (κ2) is 39.8. The third-order valence-corrected chi connectivity index (χ3v) is 21.0. The molecule has 6 aromatic carbocycles. The van der Waals surface area contributed by atoms with Crippen LogP contribution >= 0.6 is 0 Å². The maximum absolute atomic E-state index is 15.1. The molecule has 3 aliphatic heterocycles. The molecular formula is C79H92N8O32. The van der Waals surface area contributed by atoms with Crippen LogP contribution in [0.2, 0.25) is 0 Å². The number of ether oxygens (including phenoxy) is 12. The van der Waals surface area contributed by atoms with Crippen LogP contribution in [-0.2, 0) is 66.4 Å². The highest BCUT2D eigenvalue weighted by atomic mass is 16.7. The van der Waals surface area contributed by atoms with Gasteiger partial charge in [0.2, 0.25) is 30.5 Å². The van der Waals surface area contributed by atoms with Crippen LogP contribution in [0.4, 0.5) is 28.8 Å². The van der Waals surface area contributed by atoms with Gasteiger partial charge < -0.3 is 145 Å². The molecule has 3 heterocycles. The number of aliphatic hydroxyl groups is 12. The first-order valence-corrected chi connectivity index (χ1v) is 37.8. The summed E-state index contributed by atoms with van der Waals surface area (Å²) in [5, 5.41) is 142. The van der Waals surface area contributed by atoms with Gasteiger partial charge in [0.1, 0.15) is 118 Å². The Labute approximate surface area is 677 Å². The van der Waals surface area contributed by atoms with Gasteiger partial charge in [0, 0.05) is 37.4 Å². The highest BCUT2D eigenvalue weighted by molar-refractivity contribution is 5.89. The fourth-order valence-corrected chi connectivity index (χ4v) is 14.8. The number of hydrogen-bond acceptors (Lipinski definition) is 32. The minimum atomic E-state index is -2.67. The molecule has 0 radical (unpaired) electrons. The molecule has 6 aromatic rings. The van der Waals surface area contributed by atoms with E-state index in [9.17, 15) is 94.8 Å². The Morgan fingerprint density at radius 2 is 0.588 bits per heavy atom. The van der Waals surface area contributed by atoms with E-state index < -0.39 is 248 Å². The second-order valence-corrected chi connectivity index (χ2v) is 28.7. The summed E-state index contributed by atoms with van der Waals surface area (Å²) in [5.74, 6) is -4.13. The van der Waals surface area contributed by atoms with Crippen LogP contribution in [0, 0.1) is 5.41 Å². The second-order valence-electron chi connectivity index (χ2n) is 28.7. The molecule has 12 rings (SSSR count). The van der Waals surface area contributed by atoms with Crippen molar-refractivity contribution in [2.75, 3.05) is 85.6 Å². The predicted octanol–water partition coefficient (Wildman–Crippen LogP) is -2.20. The number of primary amides is 1. The minimum Gasteiger partial charge on any atom is -0.448 e. The Bertz CT molecular complexity index is 3990. The molecule has 4 unspecified atom stereocenters. The lowest BCUT2D eigenvalue weighted by atomic mass is 9.86. The van der Waals surface area contributed by atoms with E-state index in [4.69, 9.17) is 62.6 Å². The SMILES string of the molecule is NC(=O)CNC(=O)C(CNC(=O)OC(CO[C@@H]1O[C@H](CO)[C@@H](O)[C@H](O)[C@@H]1O)NC(=O)OCC1c2ccccc2-c2ccccc21)(CNC(=O)OC(CO[C@@H]1O[C@H](CO)[C@@H](O)[C@H](O)[C@H]1O)NC(=O)OCC1c2ccccc2-c2ccccc21)CNC(=O)OC(CO[C@@H]1O[C@H](CO)[C@H](O)[C@H](O)[C@H]1O)NC(=O)OCC1c2ccccc2-c2ccccc21. The number of rotatable bonds is 33. The quantitative estimate of drug-likeness (QED) is 0.0154. The molecule has 3 aliphatic carbocycles. The fraction of sp³-hybridized carbons (Fsp3) is 0.443. The minimum absolute atomic E-state index is 0.310. The average Bonchev–Trinajstić information content (AvgIpc) is 1.64. The van der Waals surface area contributed by atoms with Crippen LogP contribution in [0.3, 0.4) is 0 Å². The first-order valence-electron chi connectivity index (χ1n) is 37.8. The number of hydrogen-bond donors (Lipinski definition) is 20. The van der Waals surface area contributed by atoms with Crippen molar-refractivity contribution in [3.8, 4) is 33.4 Å². The number of aliphatic hydroxyl groups excluding tert-OH is 12. The number of amides is 8. The first kappa shape index (κ1) is 87.5. The van der Waals surface area contributed by atoms with Crippen molar-refractivity contribution in [2.45, 2.75) is 129 Å². The van der Waals surface area contributed by atoms with E-state index in [0.717, 1.165) is 66.8 Å². The number of nitrogens with two attached hydrogens (primary N) is 1. The van der Waals surface area contributed by atoms with E-state index in [1.54, 1.807) is 36.4 Å². The van der Waals surface area contributed by atoms with Crippen molar-refractivity contribution in [1.82, 2.24) is 37.2 Å². The molecule has 3 fully saturated rings. The Morgan fingerprint density at radius 1 is 0.345 bits per heavy atom. The maximum Gasteiger partial charge on any atom is 0.410 e. The van der Waals surface area contributed by atoms with Crippen LogP contribution in [0.1, 0.15) is 51.1 Å². The molecule has 19 atom stereocenters. The molecule has 40 nitrogen and oxygen atoms in total. The molecule has 40 heteroatoms. The topological polar surface area (TPSA) is 600 Å². The predicted molar refractivity (Wildman–Crippen MR) is 403 cm³/mol. The Hall–Kier alpha value is -10.8. The number of fused-ring (bicyclic) bond motifs is 9. The summed E-state index contributed by atoms with van der Waals surface area (Å²) in [7, 11) is 0. The summed E-state index contributed by atoms with van der Waals surface area (Å²) in [5.41, 5.74) is 12.8. The van der Waals surface area contributed by atoms with Crippen LogP contribution in [-0.4, -0.2) is 306 Å². The van der Waals surface area contributed by atoms with Crippen molar-refractivity contribution < 1.29 is 156 Å². The molecule has 0 bridgehead atoms. The molecule has 6 aliphatic rings. The van der Waals surface area contributed by atoms with Gasteiger partial charge in [-0.25, -0.2) is 28.8 Å². The number of nitrogens with one attached hydrogen (secondary N) is 7. The summed E-state index contributed by atoms with van der Waals surface area (Å²) in [6.07, 6.45) is -42.8. The van der Waals surface area contributed by atoms with Gasteiger partial charge in [0.05, 0.1) is 26.4 Å². The maximum atomic E-state index is 15.1. The first-order chi connectivity index (χ1) is 57.3. The van der Waals surface area contributed by atoms with Crippen LogP contribution < -0.4 is 43.0 Å². The molecule has 640 valence electrons. The van der Waals surface area contributed by atoms with E-state index in [1.165, 1.54) is 0 Å². The zero-order valence-electron chi connectivity index (χ0n) is 63.3. The van der Waals surface area contributed by atoms with Crippen LogP contribution in [0.5, 0.6) is 0 Å². The van der Waals surface area contributed by atoms with Crippen LogP contribution in [0.15, 0.2) is 146 Å². The number of benzene rings is 6. The monoisotopic (exact) mass is 1660 g/mol. The lowest BCUT2D eigenvalue weighted by Gasteiger charge is -2.40. The number of carbonyl (C=O) groups is 8. The summed E-state index contributed by atoms with van der Waals surface area (Å²) in [6.45, 7) is -11.3. The fourth-order valence-electron chi connectivity index (χ4n) is 14.8. The third kappa shape index (κ3) is 20.5. The number of carbonyl (C=O) groups excluding carboxylic acids is 8. The Kier molecular flexibility index (Phi) is 29.3. The van der Waals surface area contributed by atoms with E-state index in [2.05, 4.69) is 37.2 Å². The van der Waals surface area contributed by atoms with E-state index >= 15 is 4.79 Å². The van der Waals surface area contributed by atoms with Gasteiger partial charge in [0.15, 0.2) is 18.9 Å². The third-order valence-electron chi connectivity index (χ3n) is 21.0. The molecule has 21 N–H and O–H groups in total. The summed E-state index contributed by atoms with van der Waals surface area (Å²) in [4.78, 5) is 113. The smallest absolute Gasteiger partial charge is 0.410 e. The highest BCUT2D eigenvalue weighted by Gasteiger charge is 2.49. The van der Waals surface area contributed by atoms with Crippen molar-refractivity contribution >= 4 is 48.4 Å². The molecule has 0 saturated carbocycles. The largest absolute Gasteiger partial charge is 0.448 e. The zero-order valence-corrected chi connectivity index (χ0v) is 63.3. The standard InChI is InChI=1S/C79H92N8O32/c80-56(91)25-81-72(101)79(35-82-73(102)117-57(32-108-69-66(98)63(95)60(92)53(26-88)114-69)85-76(105)111-29-50-44-19-7-1-13-38(44)39-14-2-8-20-45(39)50,36-83-74(103)118-58(33-109-70-67(99)64(96)61(93)54(27-89)115-70)86-77(106)112-30-51-46-21-9-3-15-40(46)41-16-4-10-22-47(41)51)37-84-75(104)119-59(34-110-71-68(100)65(97)62(94)55(28-90)116-71)87-78(107)113-31-52-48-23-11-5-17-42(48)43-18-6-12-24-49(43)52/h1-24,50-55,57-71,88-90,92-100H,25-37H2,(H2,80,91)(H,81,101)(H,82,102)(H,83,103)(H,84,104)(H,85,105)(H,86,106)(H,87,107)/t53-,54-,55-,57?,58?,59?,60-,61-,62+,63+,64+,65+,66-,67+,68-,69-,70-,71-,79?/m1/s1. The molecule has 3 saturated heterocycles. The van der Waals surface area contributed by atoms with Gasteiger partial charge in [-0.1, -0.05) is 146 Å². The number of alkyl carbamates (subject to hydrolysis) is 6. The van der Waals surface area contributed by atoms with E-state index in [1.807, 2.05) is 109 Å². The van der Waals surface area contributed by atoms with Crippen molar-refractivity contribution in [3.63, 3.8) is 0 Å². The van der Waals surface area contributed by atoms with Gasteiger partial charge in [-0.15, -0.1) is 0 Å². The molecule has 0 spiro atoms. The van der Waals surface area contributed by atoms with Gasteiger partial charge in [-0.2, -0.15) is 0 Å². The van der Waals surface area contributed by atoms with Crippen molar-refractivity contribution in [2.24, 2.45) is 11.1 Å². The van der Waals surface area contributed by atoms with Gasteiger partial charge in [-0.3, -0.25) is 25.5 Å². The average molecular weight is 1670 g/mol. The molecular weight excluding hydrogens is 1570 g/mol. The Morgan fingerprint density at radius 3 is 0.824 bits per heavy atom. The molecule has 8 amide bonds. The zero-order chi connectivity index (χ0) is 84.8. The van der Waals surface area contributed by atoms with Gasteiger partial charge in [-0.05, 0) is 66.8 Å². The van der Waals surface area contributed by atoms with Crippen molar-refractivity contribution in [1.29, 1.82) is 0 Å². The molecule has 119 heavy (non-hydrogen) atoms. The highest BCUT2D eigenvalue weighted by Crippen LogP contribution is 2.47. The van der Waals surface area contributed by atoms with Gasteiger partial charge in [0.25, 0.3) is 0 Å². The Balaban J connectivity index is 0.818. The normalized spacial score (nSPS) is 25.3. The van der Waals surface area contributed by atoms with Gasteiger partial charge >= 0.3 is 36.6 Å².